The second-order valence-electron chi connectivity index (χ2n) is 5.69. The SMILES string of the molecule is O=c1nc(NO)c(Cc2ccccc2)cn1[C@H]1CC(O)[C@@H](CO)O1. The molecule has 24 heavy (non-hydrogen) atoms. The van der Waals surface area contributed by atoms with Gasteiger partial charge in [0.15, 0.2) is 5.82 Å². The number of benzene rings is 1. The molecule has 128 valence electrons. The van der Waals surface area contributed by atoms with Gasteiger partial charge in [-0.15, -0.1) is 0 Å². The molecule has 1 aliphatic rings. The summed E-state index contributed by atoms with van der Waals surface area (Å²) in [5.74, 6) is 0.0809. The highest BCUT2D eigenvalue weighted by Crippen LogP contribution is 2.28. The van der Waals surface area contributed by atoms with Gasteiger partial charge in [0.25, 0.3) is 0 Å². The number of aliphatic hydroxyl groups excluding tert-OH is 2. The molecule has 1 aromatic heterocycles. The number of aliphatic hydroxyl groups is 2. The van der Waals surface area contributed by atoms with Gasteiger partial charge in [-0.1, -0.05) is 30.3 Å². The van der Waals surface area contributed by atoms with Crippen molar-refractivity contribution >= 4 is 5.82 Å². The molecule has 8 heteroatoms. The van der Waals surface area contributed by atoms with E-state index in [1.807, 2.05) is 35.8 Å². The zero-order valence-electron chi connectivity index (χ0n) is 12.9. The third-order valence-electron chi connectivity index (χ3n) is 4.07. The molecule has 1 aromatic carbocycles. The minimum atomic E-state index is -0.847. The van der Waals surface area contributed by atoms with E-state index in [-0.39, 0.29) is 18.8 Å². The zero-order valence-corrected chi connectivity index (χ0v) is 12.9. The molecule has 0 spiro atoms. The van der Waals surface area contributed by atoms with Crippen molar-refractivity contribution in [3.8, 4) is 0 Å². The molecular formula is C16H19N3O5. The minimum Gasteiger partial charge on any atom is -0.394 e. The van der Waals surface area contributed by atoms with Crippen molar-refractivity contribution in [3.05, 3.63) is 58.1 Å². The molecule has 4 N–H and O–H groups in total. The van der Waals surface area contributed by atoms with Crippen molar-refractivity contribution in [2.45, 2.75) is 31.3 Å². The maximum absolute atomic E-state index is 12.2. The van der Waals surface area contributed by atoms with Crippen LogP contribution >= 0.6 is 0 Å². The summed E-state index contributed by atoms with van der Waals surface area (Å²) in [5, 5.41) is 28.2. The van der Waals surface area contributed by atoms with Crippen LogP contribution in [0.1, 0.15) is 23.8 Å². The molecule has 1 aliphatic heterocycles. The van der Waals surface area contributed by atoms with Crippen LogP contribution in [-0.4, -0.2) is 43.8 Å². The van der Waals surface area contributed by atoms with Crippen molar-refractivity contribution in [1.82, 2.24) is 9.55 Å². The Morgan fingerprint density at radius 3 is 2.71 bits per heavy atom. The molecule has 0 radical (unpaired) electrons. The second-order valence-corrected chi connectivity index (χ2v) is 5.69. The number of hydrogen-bond acceptors (Lipinski definition) is 7. The lowest BCUT2D eigenvalue weighted by molar-refractivity contribution is -0.0459. The van der Waals surface area contributed by atoms with Crippen LogP contribution in [0.5, 0.6) is 0 Å². The number of ether oxygens (including phenoxy) is 1. The molecule has 2 aromatic rings. The molecule has 1 fully saturated rings. The lowest BCUT2D eigenvalue weighted by Gasteiger charge is -2.17. The van der Waals surface area contributed by atoms with E-state index in [4.69, 9.17) is 4.74 Å². The van der Waals surface area contributed by atoms with Crippen LogP contribution in [0.25, 0.3) is 0 Å². The predicted molar refractivity (Wildman–Crippen MR) is 84.8 cm³/mol. The summed E-state index contributed by atoms with van der Waals surface area (Å²) in [6.07, 6.45) is -0.0910. The fraction of sp³-hybridized carbons (Fsp3) is 0.375. The fourth-order valence-electron chi connectivity index (χ4n) is 2.81. The average Bonchev–Trinajstić information content (AvgIpc) is 2.97. The van der Waals surface area contributed by atoms with Gasteiger partial charge < -0.3 is 14.9 Å². The Morgan fingerprint density at radius 2 is 2.08 bits per heavy atom. The van der Waals surface area contributed by atoms with Gasteiger partial charge in [0.2, 0.25) is 0 Å². The number of rotatable bonds is 5. The van der Waals surface area contributed by atoms with E-state index in [9.17, 15) is 20.2 Å². The summed E-state index contributed by atoms with van der Waals surface area (Å²) in [7, 11) is 0. The molecule has 3 atom stereocenters. The molecule has 1 unspecified atom stereocenters. The molecule has 1 saturated heterocycles. The van der Waals surface area contributed by atoms with Crippen molar-refractivity contribution in [1.29, 1.82) is 0 Å². The highest BCUT2D eigenvalue weighted by molar-refractivity contribution is 5.43. The molecule has 2 heterocycles. The van der Waals surface area contributed by atoms with Crippen LogP contribution < -0.4 is 11.2 Å². The maximum Gasteiger partial charge on any atom is 0.351 e. The highest BCUT2D eigenvalue weighted by atomic mass is 16.5. The van der Waals surface area contributed by atoms with Crippen LogP contribution in [0.4, 0.5) is 5.82 Å². The van der Waals surface area contributed by atoms with Gasteiger partial charge in [0, 0.05) is 24.6 Å². The third kappa shape index (κ3) is 3.31. The van der Waals surface area contributed by atoms with E-state index in [1.165, 1.54) is 4.57 Å². The van der Waals surface area contributed by atoms with Crippen molar-refractivity contribution < 1.29 is 20.2 Å². The Labute approximate surface area is 137 Å². The standard InChI is InChI=1S/C16H19N3O5/c20-9-13-12(21)7-14(24-13)19-8-11(15(18-23)17-16(19)22)6-10-4-2-1-3-5-10/h1-5,8,12-14,20-21,23H,6-7,9H2,(H,17,18,22)/t12?,13-,14-/m1/s1. The Bertz CT molecular complexity index is 749. The molecule has 0 amide bonds. The smallest absolute Gasteiger partial charge is 0.351 e. The van der Waals surface area contributed by atoms with Gasteiger partial charge in [0.05, 0.1) is 12.7 Å². The van der Waals surface area contributed by atoms with Crippen molar-refractivity contribution in [2.24, 2.45) is 0 Å². The summed E-state index contributed by atoms with van der Waals surface area (Å²) in [4.78, 5) is 16.0. The van der Waals surface area contributed by atoms with E-state index in [0.29, 0.717) is 12.0 Å². The Kier molecular flexibility index (Phi) is 4.91. The highest BCUT2D eigenvalue weighted by Gasteiger charge is 2.35. The molecule has 3 rings (SSSR count). The van der Waals surface area contributed by atoms with Crippen LogP contribution in [0, 0.1) is 0 Å². The van der Waals surface area contributed by atoms with E-state index in [2.05, 4.69) is 4.98 Å². The summed E-state index contributed by atoms with van der Waals surface area (Å²) >= 11 is 0. The molecular weight excluding hydrogens is 314 g/mol. The van der Waals surface area contributed by atoms with Crippen LogP contribution in [0.2, 0.25) is 0 Å². The van der Waals surface area contributed by atoms with Crippen molar-refractivity contribution in [3.63, 3.8) is 0 Å². The molecule has 0 aliphatic carbocycles. The second kappa shape index (κ2) is 7.10. The maximum atomic E-state index is 12.2. The van der Waals surface area contributed by atoms with E-state index >= 15 is 0 Å². The first-order valence-electron chi connectivity index (χ1n) is 7.63. The van der Waals surface area contributed by atoms with E-state index < -0.39 is 24.1 Å². The predicted octanol–water partition coefficient (Wildman–Crippen LogP) is 0.276. The first kappa shape index (κ1) is 16.6. The van der Waals surface area contributed by atoms with Gasteiger partial charge in [-0.3, -0.25) is 15.3 Å². The Balaban J connectivity index is 1.93. The number of aromatic nitrogens is 2. The third-order valence-corrected chi connectivity index (χ3v) is 4.07. The number of anilines is 1. The van der Waals surface area contributed by atoms with Gasteiger partial charge in [0.1, 0.15) is 12.3 Å². The van der Waals surface area contributed by atoms with Crippen molar-refractivity contribution in [2.75, 3.05) is 12.1 Å². The molecule has 8 nitrogen and oxygen atoms in total. The minimum absolute atomic E-state index is 0.0809. The van der Waals surface area contributed by atoms with E-state index in [0.717, 1.165) is 5.56 Å². The lowest BCUT2D eigenvalue weighted by atomic mass is 10.1. The zero-order chi connectivity index (χ0) is 17.1. The monoisotopic (exact) mass is 333 g/mol. The van der Waals surface area contributed by atoms with Gasteiger partial charge >= 0.3 is 5.69 Å². The first-order chi connectivity index (χ1) is 11.6. The fourth-order valence-corrected chi connectivity index (χ4v) is 2.81. The Hall–Kier alpha value is -2.26. The summed E-state index contributed by atoms with van der Waals surface area (Å²) in [6.45, 7) is -0.326. The largest absolute Gasteiger partial charge is 0.394 e. The van der Waals surface area contributed by atoms with Crippen LogP contribution in [-0.2, 0) is 11.2 Å². The number of hydrogen-bond donors (Lipinski definition) is 4. The van der Waals surface area contributed by atoms with Gasteiger partial charge in [-0.25, -0.2) is 4.79 Å². The van der Waals surface area contributed by atoms with E-state index in [1.54, 1.807) is 6.20 Å². The summed E-state index contributed by atoms with van der Waals surface area (Å²) in [6, 6.07) is 9.54. The summed E-state index contributed by atoms with van der Waals surface area (Å²) < 4.78 is 6.78. The number of nitrogens with one attached hydrogen (secondary N) is 1. The van der Waals surface area contributed by atoms with Crippen LogP contribution in [0.15, 0.2) is 41.3 Å². The normalized spacial score (nSPS) is 23.4. The quantitative estimate of drug-likeness (QED) is 0.581. The Morgan fingerprint density at radius 1 is 1.33 bits per heavy atom. The average molecular weight is 333 g/mol. The molecule has 0 saturated carbocycles. The summed E-state index contributed by atoms with van der Waals surface area (Å²) in [5.41, 5.74) is 2.93. The first-order valence-corrected chi connectivity index (χ1v) is 7.63. The number of nitrogens with zero attached hydrogens (tertiary/aromatic N) is 2. The topological polar surface area (TPSA) is 117 Å². The molecule has 0 bridgehead atoms. The van der Waals surface area contributed by atoms with Gasteiger partial charge in [-0.05, 0) is 5.56 Å². The lowest BCUT2D eigenvalue weighted by Crippen LogP contribution is -2.29. The van der Waals surface area contributed by atoms with Crippen LogP contribution in [0.3, 0.4) is 0 Å². The van der Waals surface area contributed by atoms with Gasteiger partial charge in [-0.2, -0.15) is 4.98 Å².